The molecular weight excluding hydrogens is 262 g/mol. The standard InChI is InChI=1S/C17H23N3O/c1-12-8-15-16(9-13(12)2)20(11-18-15)10-17(21)19-14-6-4-3-5-7-14/h8-9,11,14H,3-7,10H2,1-2H3,(H,19,21). The number of amides is 1. The smallest absolute Gasteiger partial charge is 0.240 e. The molecule has 1 aliphatic carbocycles. The second kappa shape index (κ2) is 5.88. The van der Waals surface area contributed by atoms with Gasteiger partial charge in [-0.25, -0.2) is 4.98 Å². The average molecular weight is 285 g/mol. The number of rotatable bonds is 3. The third-order valence-electron chi connectivity index (χ3n) is 4.52. The van der Waals surface area contributed by atoms with Gasteiger partial charge < -0.3 is 9.88 Å². The van der Waals surface area contributed by atoms with Gasteiger partial charge in [0.2, 0.25) is 5.91 Å². The van der Waals surface area contributed by atoms with Crippen LogP contribution in [0.2, 0.25) is 0 Å². The first-order chi connectivity index (χ1) is 10.1. The number of hydrogen-bond donors (Lipinski definition) is 1. The van der Waals surface area contributed by atoms with E-state index in [2.05, 4.69) is 36.3 Å². The van der Waals surface area contributed by atoms with Gasteiger partial charge in [-0.3, -0.25) is 4.79 Å². The number of carbonyl (C=O) groups is 1. The Morgan fingerprint density at radius 1 is 1.24 bits per heavy atom. The van der Waals surface area contributed by atoms with E-state index in [0.29, 0.717) is 12.6 Å². The van der Waals surface area contributed by atoms with Crippen molar-refractivity contribution in [2.24, 2.45) is 0 Å². The zero-order valence-corrected chi connectivity index (χ0v) is 12.9. The number of benzene rings is 1. The first-order valence-corrected chi connectivity index (χ1v) is 7.85. The molecule has 0 spiro atoms. The number of nitrogens with zero attached hydrogens (tertiary/aromatic N) is 2. The fourth-order valence-electron chi connectivity index (χ4n) is 3.11. The van der Waals surface area contributed by atoms with Crippen LogP contribution in [-0.4, -0.2) is 21.5 Å². The summed E-state index contributed by atoms with van der Waals surface area (Å²) >= 11 is 0. The number of nitrogens with one attached hydrogen (secondary N) is 1. The normalized spacial score (nSPS) is 16.3. The molecule has 1 aromatic heterocycles. The molecule has 1 saturated carbocycles. The van der Waals surface area contributed by atoms with Crippen LogP contribution in [0.3, 0.4) is 0 Å². The SMILES string of the molecule is Cc1cc2ncn(CC(=O)NC3CCCCC3)c2cc1C. The van der Waals surface area contributed by atoms with E-state index in [1.807, 2.05) is 4.57 Å². The molecule has 1 heterocycles. The highest BCUT2D eigenvalue weighted by atomic mass is 16.2. The molecule has 0 radical (unpaired) electrons. The topological polar surface area (TPSA) is 46.9 Å². The molecule has 0 bridgehead atoms. The molecule has 4 heteroatoms. The Labute approximate surface area is 125 Å². The fraction of sp³-hybridized carbons (Fsp3) is 0.529. The molecule has 1 N–H and O–H groups in total. The van der Waals surface area contributed by atoms with Crippen molar-refractivity contribution in [3.8, 4) is 0 Å². The zero-order valence-electron chi connectivity index (χ0n) is 12.9. The van der Waals surface area contributed by atoms with Crippen molar-refractivity contribution in [2.75, 3.05) is 0 Å². The highest BCUT2D eigenvalue weighted by molar-refractivity contribution is 5.81. The van der Waals surface area contributed by atoms with Gasteiger partial charge in [-0.2, -0.15) is 0 Å². The van der Waals surface area contributed by atoms with Crippen molar-refractivity contribution < 1.29 is 4.79 Å². The molecule has 1 aliphatic rings. The van der Waals surface area contributed by atoms with E-state index >= 15 is 0 Å². The summed E-state index contributed by atoms with van der Waals surface area (Å²) in [4.78, 5) is 16.6. The molecular formula is C17H23N3O. The van der Waals surface area contributed by atoms with Crippen molar-refractivity contribution in [1.29, 1.82) is 0 Å². The Balaban J connectivity index is 1.72. The molecule has 0 unspecified atom stereocenters. The third kappa shape index (κ3) is 3.09. The molecule has 0 saturated heterocycles. The minimum Gasteiger partial charge on any atom is -0.352 e. The van der Waals surface area contributed by atoms with E-state index in [0.717, 1.165) is 23.9 Å². The quantitative estimate of drug-likeness (QED) is 0.942. The summed E-state index contributed by atoms with van der Waals surface area (Å²) in [5.74, 6) is 0.0967. The van der Waals surface area contributed by atoms with Crippen LogP contribution >= 0.6 is 0 Å². The molecule has 2 aromatic rings. The van der Waals surface area contributed by atoms with Crippen molar-refractivity contribution in [2.45, 2.75) is 58.5 Å². The molecule has 3 rings (SSSR count). The van der Waals surface area contributed by atoms with Crippen molar-refractivity contribution in [3.63, 3.8) is 0 Å². The van der Waals surface area contributed by atoms with Crippen molar-refractivity contribution in [1.82, 2.24) is 14.9 Å². The minimum atomic E-state index is 0.0967. The Morgan fingerprint density at radius 3 is 2.71 bits per heavy atom. The van der Waals surface area contributed by atoms with Gasteiger partial charge in [-0.1, -0.05) is 19.3 Å². The summed E-state index contributed by atoms with van der Waals surface area (Å²) in [6, 6.07) is 4.57. The Kier molecular flexibility index (Phi) is 3.95. The summed E-state index contributed by atoms with van der Waals surface area (Å²) in [5.41, 5.74) is 4.47. The summed E-state index contributed by atoms with van der Waals surface area (Å²) in [6.07, 6.45) is 7.78. The Morgan fingerprint density at radius 2 is 1.95 bits per heavy atom. The molecule has 1 fully saturated rings. The van der Waals surface area contributed by atoms with Crippen LogP contribution in [0, 0.1) is 13.8 Å². The number of fused-ring (bicyclic) bond motifs is 1. The van der Waals surface area contributed by atoms with Crippen LogP contribution in [0.4, 0.5) is 0 Å². The predicted octanol–water partition coefficient (Wildman–Crippen LogP) is 3.10. The third-order valence-corrected chi connectivity index (χ3v) is 4.52. The summed E-state index contributed by atoms with van der Waals surface area (Å²) in [7, 11) is 0. The second-order valence-electron chi connectivity index (χ2n) is 6.20. The first-order valence-electron chi connectivity index (χ1n) is 7.85. The van der Waals surface area contributed by atoms with Gasteiger partial charge in [0.1, 0.15) is 6.54 Å². The first kappa shape index (κ1) is 14.1. The van der Waals surface area contributed by atoms with Gasteiger partial charge in [0.05, 0.1) is 17.4 Å². The highest BCUT2D eigenvalue weighted by Crippen LogP contribution is 2.19. The minimum absolute atomic E-state index is 0.0967. The lowest BCUT2D eigenvalue weighted by Gasteiger charge is -2.22. The van der Waals surface area contributed by atoms with E-state index in [4.69, 9.17) is 0 Å². The van der Waals surface area contributed by atoms with Crippen LogP contribution < -0.4 is 5.32 Å². The fourth-order valence-corrected chi connectivity index (χ4v) is 3.11. The number of imidazole rings is 1. The van der Waals surface area contributed by atoms with E-state index in [1.165, 1.54) is 30.4 Å². The maximum atomic E-state index is 12.2. The molecule has 112 valence electrons. The molecule has 0 aliphatic heterocycles. The van der Waals surface area contributed by atoms with E-state index in [-0.39, 0.29) is 5.91 Å². The lowest BCUT2D eigenvalue weighted by Crippen LogP contribution is -2.38. The van der Waals surface area contributed by atoms with Gasteiger partial charge in [0.25, 0.3) is 0 Å². The molecule has 0 atom stereocenters. The molecule has 1 amide bonds. The van der Waals surface area contributed by atoms with Gasteiger partial charge in [0, 0.05) is 6.04 Å². The number of hydrogen-bond acceptors (Lipinski definition) is 2. The zero-order chi connectivity index (χ0) is 14.8. The summed E-state index contributed by atoms with van der Waals surface area (Å²) in [6.45, 7) is 4.54. The van der Waals surface area contributed by atoms with E-state index < -0.39 is 0 Å². The maximum Gasteiger partial charge on any atom is 0.240 e. The second-order valence-corrected chi connectivity index (χ2v) is 6.20. The summed E-state index contributed by atoms with van der Waals surface area (Å²) < 4.78 is 1.94. The summed E-state index contributed by atoms with van der Waals surface area (Å²) in [5, 5.41) is 3.16. The van der Waals surface area contributed by atoms with E-state index in [1.54, 1.807) is 6.33 Å². The predicted molar refractivity (Wildman–Crippen MR) is 84.2 cm³/mol. The van der Waals surface area contributed by atoms with Crippen LogP contribution in [0.15, 0.2) is 18.5 Å². The van der Waals surface area contributed by atoms with Crippen LogP contribution in [-0.2, 0) is 11.3 Å². The Hall–Kier alpha value is -1.84. The van der Waals surface area contributed by atoms with Crippen LogP contribution in [0.25, 0.3) is 11.0 Å². The number of aryl methyl sites for hydroxylation is 2. The number of aromatic nitrogens is 2. The Bertz CT molecular complexity index is 653. The van der Waals surface area contributed by atoms with Gasteiger partial charge in [-0.15, -0.1) is 0 Å². The largest absolute Gasteiger partial charge is 0.352 e. The lowest BCUT2D eigenvalue weighted by molar-refractivity contribution is -0.122. The van der Waals surface area contributed by atoms with Crippen LogP contribution in [0.1, 0.15) is 43.2 Å². The number of carbonyl (C=O) groups excluding carboxylic acids is 1. The highest BCUT2D eigenvalue weighted by Gasteiger charge is 2.16. The monoisotopic (exact) mass is 285 g/mol. The molecule has 21 heavy (non-hydrogen) atoms. The van der Waals surface area contributed by atoms with Gasteiger partial charge in [-0.05, 0) is 49.9 Å². The van der Waals surface area contributed by atoms with Gasteiger partial charge >= 0.3 is 0 Å². The maximum absolute atomic E-state index is 12.2. The average Bonchev–Trinajstić information content (AvgIpc) is 2.83. The van der Waals surface area contributed by atoms with Crippen molar-refractivity contribution in [3.05, 3.63) is 29.6 Å². The molecule has 4 nitrogen and oxygen atoms in total. The van der Waals surface area contributed by atoms with Crippen LogP contribution in [0.5, 0.6) is 0 Å². The lowest BCUT2D eigenvalue weighted by atomic mass is 9.95. The molecule has 1 aromatic carbocycles. The van der Waals surface area contributed by atoms with Gasteiger partial charge in [0.15, 0.2) is 0 Å². The van der Waals surface area contributed by atoms with Crippen molar-refractivity contribution >= 4 is 16.9 Å². The van der Waals surface area contributed by atoms with E-state index in [9.17, 15) is 4.79 Å².